The first-order chi connectivity index (χ1) is 22.9. The lowest BCUT2D eigenvalue weighted by Gasteiger charge is -2.35. The summed E-state index contributed by atoms with van der Waals surface area (Å²) in [6.45, 7) is 11.5. The van der Waals surface area contributed by atoms with E-state index in [1.165, 1.54) is 30.7 Å². The number of likely N-dealkylation sites (N-methyl/N-ethyl adjacent to an activating group) is 1. The fourth-order valence-corrected chi connectivity index (χ4v) is 6.73. The van der Waals surface area contributed by atoms with Crippen LogP contribution in [0.1, 0.15) is 55.7 Å². The molecule has 5 heterocycles. The van der Waals surface area contributed by atoms with Crippen molar-refractivity contribution >= 4 is 40.2 Å². The van der Waals surface area contributed by atoms with Crippen molar-refractivity contribution in [2.75, 3.05) is 51.1 Å². The van der Waals surface area contributed by atoms with Crippen molar-refractivity contribution in [3.8, 4) is 21.7 Å². The number of anilines is 1. The molecule has 2 amide bonds. The summed E-state index contributed by atoms with van der Waals surface area (Å²) < 4.78 is 42.2. The van der Waals surface area contributed by atoms with Crippen LogP contribution in [0.3, 0.4) is 0 Å². The Morgan fingerprint density at radius 3 is 2.56 bits per heavy atom. The van der Waals surface area contributed by atoms with Crippen molar-refractivity contribution in [2.24, 2.45) is 0 Å². The molecule has 1 fully saturated rings. The van der Waals surface area contributed by atoms with Crippen LogP contribution in [-0.4, -0.2) is 92.2 Å². The Morgan fingerprint density at radius 2 is 1.90 bits per heavy atom. The number of rotatable bonds is 11. The Balaban J connectivity index is 1.59. The van der Waals surface area contributed by atoms with Crippen LogP contribution >= 0.6 is 11.3 Å². The van der Waals surface area contributed by atoms with E-state index in [0.717, 1.165) is 62.3 Å². The summed E-state index contributed by atoms with van der Waals surface area (Å²) >= 11 is 0.760. The number of hydrogen-bond acceptors (Lipinski definition) is 9. The molecule has 0 aliphatic carbocycles. The molecule has 0 aromatic carbocycles. The van der Waals surface area contributed by atoms with Gasteiger partial charge < -0.3 is 24.8 Å². The minimum absolute atomic E-state index is 0.00229. The van der Waals surface area contributed by atoms with Gasteiger partial charge >= 0.3 is 18.2 Å². The number of carbonyl (C=O) groups is 2. The number of halogens is 3. The van der Waals surface area contributed by atoms with E-state index in [9.17, 15) is 32.7 Å². The van der Waals surface area contributed by atoms with Crippen LogP contribution in [0.25, 0.3) is 32.7 Å². The molecule has 256 valence electrons. The van der Waals surface area contributed by atoms with E-state index in [1.807, 2.05) is 0 Å². The molecule has 1 aliphatic heterocycles. The molecule has 4 aromatic heterocycles. The van der Waals surface area contributed by atoms with Crippen LogP contribution in [0.5, 0.6) is 0 Å². The molecule has 48 heavy (non-hydrogen) atoms. The van der Waals surface area contributed by atoms with Crippen molar-refractivity contribution < 1.29 is 27.9 Å². The van der Waals surface area contributed by atoms with Gasteiger partial charge in [-0.05, 0) is 51.5 Å². The van der Waals surface area contributed by atoms with Gasteiger partial charge in [0.05, 0.1) is 5.39 Å². The van der Waals surface area contributed by atoms with E-state index in [2.05, 4.69) is 49.2 Å². The van der Waals surface area contributed by atoms with Crippen LogP contribution in [0.4, 0.5) is 23.8 Å². The number of nitrogens with one attached hydrogen (secondary N) is 2. The Bertz CT molecular complexity index is 1860. The number of fused-ring (bicyclic) bond motifs is 1. The third kappa shape index (κ3) is 7.66. The molecular weight excluding hydrogens is 649 g/mol. The van der Waals surface area contributed by atoms with Gasteiger partial charge in [-0.15, -0.1) is 11.3 Å². The highest BCUT2D eigenvalue weighted by Gasteiger charge is 2.34. The fraction of sp³-hybridized carbons (Fsp3) is 0.438. The number of likely N-dealkylation sites (tertiary alicyclic amines) is 1. The van der Waals surface area contributed by atoms with Crippen molar-refractivity contribution in [2.45, 2.75) is 45.8 Å². The van der Waals surface area contributed by atoms with Crippen molar-refractivity contribution in [3.05, 3.63) is 57.6 Å². The van der Waals surface area contributed by atoms with Gasteiger partial charge in [0.1, 0.15) is 22.0 Å². The molecule has 0 bridgehead atoms. The molecule has 3 N–H and O–H groups in total. The maximum atomic E-state index is 13.5. The van der Waals surface area contributed by atoms with Gasteiger partial charge in [-0.3, -0.25) is 10.1 Å². The smallest absolute Gasteiger partial charge is 0.434 e. The number of carboxylic acid groups (broad SMARTS) is 1. The Kier molecular flexibility index (Phi) is 10.8. The lowest BCUT2D eigenvalue weighted by molar-refractivity contribution is -0.140. The first-order valence-electron chi connectivity index (χ1n) is 15.7. The zero-order chi connectivity index (χ0) is 34.6. The Morgan fingerprint density at radius 1 is 1.12 bits per heavy atom. The van der Waals surface area contributed by atoms with E-state index < -0.39 is 34.9 Å². The molecule has 0 spiro atoms. The largest absolute Gasteiger partial charge is 0.477 e. The maximum absolute atomic E-state index is 13.5. The van der Waals surface area contributed by atoms with E-state index in [4.69, 9.17) is 0 Å². The third-order valence-corrected chi connectivity index (χ3v) is 9.29. The molecule has 0 radical (unpaired) electrons. The average Bonchev–Trinajstić information content (AvgIpc) is 3.57. The highest BCUT2D eigenvalue weighted by molar-refractivity contribution is 7.13. The van der Waals surface area contributed by atoms with E-state index in [0.29, 0.717) is 29.9 Å². The number of hydrogen-bond donors (Lipinski definition) is 3. The van der Waals surface area contributed by atoms with Gasteiger partial charge in [0, 0.05) is 72.9 Å². The highest BCUT2D eigenvalue weighted by atomic mass is 32.1. The first kappa shape index (κ1) is 34.9. The number of urea groups is 1. The number of thiazole rings is 1. The van der Waals surface area contributed by atoms with Gasteiger partial charge in [0.15, 0.2) is 5.69 Å². The summed E-state index contributed by atoms with van der Waals surface area (Å²) in [7, 11) is 0. The number of nitrogens with zero attached hydrogens (tertiary/aromatic N) is 6. The molecule has 1 unspecified atom stereocenters. The van der Waals surface area contributed by atoms with Crippen LogP contribution in [0, 0.1) is 0 Å². The normalized spacial score (nSPS) is 15.6. The highest BCUT2D eigenvalue weighted by Crippen LogP contribution is 2.39. The number of aromatic nitrogens is 4. The van der Waals surface area contributed by atoms with Gasteiger partial charge in [0.2, 0.25) is 5.43 Å². The fourth-order valence-electron chi connectivity index (χ4n) is 5.88. The first-order valence-corrected chi connectivity index (χ1v) is 16.6. The standard InChI is InChI=1S/C32H37F3N8O4S/c1-4-36-31(47)40-26-13-21(29-39-25(18-48-29)32(33,34)35)23(15-37-26)19-12-22-27(44)24(30(45)46)17-43(28(22)38-14-19)20-8-7-9-42(16-20)11-10-41(5-2)6-3/h12-15,17-18,20H,4-11,16H2,1-3H3,(H,45,46)(H2,36,37,40,47). The third-order valence-electron chi connectivity index (χ3n) is 8.42. The van der Waals surface area contributed by atoms with E-state index in [-0.39, 0.29) is 27.8 Å². The second kappa shape index (κ2) is 14.8. The summed E-state index contributed by atoms with van der Waals surface area (Å²) in [5.74, 6) is -1.31. The maximum Gasteiger partial charge on any atom is 0.434 e. The summed E-state index contributed by atoms with van der Waals surface area (Å²) in [6, 6.07) is 2.20. The van der Waals surface area contributed by atoms with E-state index in [1.54, 1.807) is 11.5 Å². The van der Waals surface area contributed by atoms with Crippen LogP contribution in [-0.2, 0) is 6.18 Å². The number of alkyl halides is 3. The van der Waals surface area contributed by atoms with Gasteiger partial charge in [-0.25, -0.2) is 24.5 Å². The van der Waals surface area contributed by atoms with Crippen LogP contribution in [0.2, 0.25) is 0 Å². The quantitative estimate of drug-likeness (QED) is 0.188. The minimum atomic E-state index is -4.67. The van der Waals surface area contributed by atoms with Crippen molar-refractivity contribution in [1.82, 2.24) is 34.6 Å². The average molecular weight is 687 g/mol. The molecular formula is C32H37F3N8O4S. The number of carboxylic acids is 1. The molecule has 1 saturated heterocycles. The second-order valence-corrected chi connectivity index (χ2v) is 12.3. The summed E-state index contributed by atoms with van der Waals surface area (Å²) in [4.78, 5) is 55.4. The lowest BCUT2D eigenvalue weighted by Crippen LogP contribution is -2.41. The van der Waals surface area contributed by atoms with Gasteiger partial charge in [-0.2, -0.15) is 13.2 Å². The number of piperidine rings is 1. The van der Waals surface area contributed by atoms with Crippen molar-refractivity contribution in [3.63, 3.8) is 0 Å². The molecule has 16 heteroatoms. The minimum Gasteiger partial charge on any atom is -0.477 e. The summed E-state index contributed by atoms with van der Waals surface area (Å²) in [6.07, 6.45) is 1.17. The Labute approximate surface area is 278 Å². The lowest BCUT2D eigenvalue weighted by atomic mass is 10.0. The molecule has 1 atom stereocenters. The zero-order valence-electron chi connectivity index (χ0n) is 26.8. The van der Waals surface area contributed by atoms with Crippen LogP contribution in [0.15, 0.2) is 40.9 Å². The molecule has 5 rings (SSSR count). The number of carbonyl (C=O) groups excluding carboxylic acids is 1. The van der Waals surface area contributed by atoms with Crippen LogP contribution < -0.4 is 16.1 Å². The monoisotopic (exact) mass is 686 g/mol. The van der Waals surface area contributed by atoms with E-state index >= 15 is 0 Å². The molecule has 1 aliphatic rings. The molecule has 4 aromatic rings. The Hall–Kier alpha value is -4.41. The SMILES string of the molecule is CCNC(=O)Nc1cc(-c2nc(C(F)(F)F)cs2)c(-c2cnc3c(c2)c(=O)c(C(=O)O)cn3C2CCCN(CCN(CC)CC)C2)cn1. The summed E-state index contributed by atoms with van der Waals surface area (Å²) in [5.41, 5.74) is -1.08. The number of aromatic carboxylic acids is 1. The zero-order valence-corrected chi connectivity index (χ0v) is 27.6. The van der Waals surface area contributed by atoms with Crippen molar-refractivity contribution in [1.29, 1.82) is 0 Å². The predicted octanol–water partition coefficient (Wildman–Crippen LogP) is 5.42. The molecule has 0 saturated carbocycles. The number of pyridine rings is 3. The predicted molar refractivity (Wildman–Crippen MR) is 177 cm³/mol. The summed E-state index contributed by atoms with van der Waals surface area (Å²) in [5, 5.41) is 16.1. The second-order valence-electron chi connectivity index (χ2n) is 11.4. The van der Waals surface area contributed by atoms with Gasteiger partial charge in [-0.1, -0.05) is 13.8 Å². The number of amides is 2. The topological polar surface area (TPSA) is 146 Å². The van der Waals surface area contributed by atoms with Gasteiger partial charge in [0.25, 0.3) is 0 Å². The molecule has 12 nitrogen and oxygen atoms in total.